The average molecular weight is 296 g/mol. The van der Waals surface area contributed by atoms with E-state index in [1.54, 1.807) is 0 Å². The summed E-state index contributed by atoms with van der Waals surface area (Å²) in [4.78, 5) is 14.1. The summed E-state index contributed by atoms with van der Waals surface area (Å²) >= 11 is 3.34. The van der Waals surface area contributed by atoms with Gasteiger partial charge < -0.3 is 9.64 Å². The van der Waals surface area contributed by atoms with Crippen molar-refractivity contribution in [2.75, 3.05) is 26.3 Å². The predicted octanol–water partition coefficient (Wildman–Crippen LogP) is 2.44. The van der Waals surface area contributed by atoms with E-state index in [9.17, 15) is 4.79 Å². The van der Waals surface area contributed by atoms with E-state index in [1.165, 1.54) is 0 Å². The number of morpholine rings is 1. The van der Waals surface area contributed by atoms with Gasteiger partial charge in [0.25, 0.3) is 0 Å². The molecule has 1 heterocycles. The first-order valence-corrected chi connectivity index (χ1v) is 6.35. The maximum atomic E-state index is 12.0. The van der Waals surface area contributed by atoms with Crippen molar-refractivity contribution in [2.24, 2.45) is 0 Å². The van der Waals surface area contributed by atoms with Gasteiger partial charge in [0.1, 0.15) is 0 Å². The van der Waals surface area contributed by atoms with Gasteiger partial charge in [0, 0.05) is 24.9 Å². The fourth-order valence-corrected chi connectivity index (χ4v) is 2.17. The zero-order chi connectivity index (χ0) is 12.1. The van der Waals surface area contributed by atoms with Crippen LogP contribution in [0.2, 0.25) is 0 Å². The van der Waals surface area contributed by atoms with Crippen molar-refractivity contribution in [3.63, 3.8) is 0 Å². The van der Waals surface area contributed by atoms with E-state index >= 15 is 0 Å². The van der Waals surface area contributed by atoms with Crippen LogP contribution in [0.1, 0.15) is 10.4 Å². The molecule has 0 unspecified atom stereocenters. The molecule has 0 atom stereocenters. The summed E-state index contributed by atoms with van der Waals surface area (Å²) in [6, 6.07) is 9.26. The largest absolute Gasteiger partial charge is 0.378 e. The number of carbonyl (C=O) groups is 1. The first-order valence-electron chi connectivity index (χ1n) is 5.56. The van der Waals surface area contributed by atoms with Gasteiger partial charge in [-0.3, -0.25) is 4.79 Å². The minimum Gasteiger partial charge on any atom is -0.378 e. The van der Waals surface area contributed by atoms with Crippen molar-refractivity contribution in [1.82, 2.24) is 4.90 Å². The fraction of sp³-hybridized carbons (Fsp3) is 0.308. The Hall–Kier alpha value is -1.13. The Kier molecular flexibility index (Phi) is 4.34. The highest BCUT2D eigenvalue weighted by Gasteiger charge is 2.12. The van der Waals surface area contributed by atoms with Crippen LogP contribution >= 0.6 is 15.9 Å². The summed E-state index contributed by atoms with van der Waals surface area (Å²) in [6.45, 7) is 3.10. The van der Waals surface area contributed by atoms with Crippen LogP contribution in [0.5, 0.6) is 0 Å². The lowest BCUT2D eigenvalue weighted by Gasteiger charge is -2.25. The number of nitrogens with zero attached hydrogens (tertiary/aromatic N) is 1. The molecular weight excluding hydrogens is 282 g/mol. The van der Waals surface area contributed by atoms with Gasteiger partial charge in [0.05, 0.1) is 17.7 Å². The van der Waals surface area contributed by atoms with E-state index < -0.39 is 0 Å². The standard InChI is InChI=1S/C13H14BrNO2/c14-12(10-15-6-8-17-9-7-15)13(16)11-4-2-1-3-5-11/h1-5,10H,6-9H2/b12-10-. The van der Waals surface area contributed by atoms with Crippen LogP contribution in [-0.4, -0.2) is 37.0 Å². The second-order valence-electron chi connectivity index (χ2n) is 3.82. The molecule has 0 bridgehead atoms. The zero-order valence-corrected chi connectivity index (χ0v) is 11.0. The minimum absolute atomic E-state index is 0.0112. The summed E-state index contributed by atoms with van der Waals surface area (Å²) in [7, 11) is 0. The van der Waals surface area contributed by atoms with Crippen molar-refractivity contribution in [1.29, 1.82) is 0 Å². The molecule has 1 aromatic carbocycles. The molecule has 90 valence electrons. The van der Waals surface area contributed by atoms with Crippen molar-refractivity contribution in [2.45, 2.75) is 0 Å². The van der Waals surface area contributed by atoms with Crippen molar-refractivity contribution in [3.05, 3.63) is 46.6 Å². The molecule has 0 aromatic heterocycles. The Morgan fingerprint density at radius 2 is 1.88 bits per heavy atom. The third-order valence-corrected chi connectivity index (χ3v) is 3.16. The number of hydrogen-bond donors (Lipinski definition) is 0. The number of allylic oxidation sites excluding steroid dienone is 1. The van der Waals surface area contributed by atoms with Crippen LogP contribution in [0.3, 0.4) is 0 Å². The van der Waals surface area contributed by atoms with Crippen LogP contribution in [0.4, 0.5) is 0 Å². The van der Waals surface area contributed by atoms with Crippen molar-refractivity contribution >= 4 is 21.7 Å². The molecule has 0 aliphatic carbocycles. The maximum absolute atomic E-state index is 12.0. The number of Topliss-reactive ketones (excluding diaryl/α,β-unsaturated/α-hetero) is 1. The molecule has 0 saturated carbocycles. The molecule has 17 heavy (non-hydrogen) atoms. The van der Waals surface area contributed by atoms with Crippen molar-refractivity contribution in [3.8, 4) is 0 Å². The number of ketones is 1. The highest BCUT2D eigenvalue weighted by Crippen LogP contribution is 2.15. The Morgan fingerprint density at radius 3 is 2.53 bits per heavy atom. The molecular formula is C13H14BrNO2. The second kappa shape index (κ2) is 5.98. The third kappa shape index (κ3) is 3.41. The molecule has 1 aliphatic rings. The molecule has 1 aliphatic heterocycles. The van der Waals surface area contributed by atoms with E-state index in [1.807, 2.05) is 36.5 Å². The fourth-order valence-electron chi connectivity index (χ4n) is 1.65. The maximum Gasteiger partial charge on any atom is 0.201 e. The Bertz CT molecular complexity index is 411. The van der Waals surface area contributed by atoms with Crippen LogP contribution in [0, 0.1) is 0 Å². The van der Waals surface area contributed by atoms with Gasteiger partial charge in [-0.25, -0.2) is 0 Å². The molecule has 3 nitrogen and oxygen atoms in total. The topological polar surface area (TPSA) is 29.5 Å². The quantitative estimate of drug-likeness (QED) is 0.634. The molecule has 0 spiro atoms. The predicted molar refractivity (Wildman–Crippen MR) is 70.2 cm³/mol. The highest BCUT2D eigenvalue weighted by molar-refractivity contribution is 9.12. The van der Waals surface area contributed by atoms with Crippen LogP contribution in [0.15, 0.2) is 41.0 Å². The normalized spacial score (nSPS) is 17.0. The van der Waals surface area contributed by atoms with Crippen LogP contribution in [0.25, 0.3) is 0 Å². The van der Waals surface area contributed by atoms with E-state index in [-0.39, 0.29) is 5.78 Å². The summed E-state index contributed by atoms with van der Waals surface area (Å²) in [5.41, 5.74) is 0.698. The number of rotatable bonds is 3. The number of carbonyl (C=O) groups excluding carboxylic acids is 1. The molecule has 4 heteroatoms. The molecule has 1 fully saturated rings. The van der Waals surface area contributed by atoms with E-state index in [0.29, 0.717) is 10.0 Å². The van der Waals surface area contributed by atoms with E-state index in [2.05, 4.69) is 20.8 Å². The Balaban J connectivity index is 2.06. The van der Waals surface area contributed by atoms with Gasteiger partial charge in [-0.15, -0.1) is 0 Å². The second-order valence-corrected chi connectivity index (χ2v) is 4.67. The van der Waals surface area contributed by atoms with Gasteiger partial charge in [-0.2, -0.15) is 0 Å². The van der Waals surface area contributed by atoms with Gasteiger partial charge in [-0.05, 0) is 15.9 Å². The third-order valence-electron chi connectivity index (χ3n) is 2.59. The van der Waals surface area contributed by atoms with E-state index in [4.69, 9.17) is 4.74 Å². The first-order chi connectivity index (χ1) is 8.27. The Labute approximate surface area is 109 Å². The molecule has 2 rings (SSSR count). The lowest BCUT2D eigenvalue weighted by molar-refractivity contribution is 0.0590. The average Bonchev–Trinajstić information content (AvgIpc) is 2.40. The lowest BCUT2D eigenvalue weighted by Crippen LogP contribution is -2.32. The van der Waals surface area contributed by atoms with Gasteiger partial charge in [-0.1, -0.05) is 30.3 Å². The molecule has 0 N–H and O–H groups in total. The summed E-state index contributed by atoms with van der Waals surface area (Å²) in [5, 5.41) is 0. The molecule has 0 radical (unpaired) electrons. The zero-order valence-electron chi connectivity index (χ0n) is 9.43. The lowest BCUT2D eigenvalue weighted by atomic mass is 10.1. The van der Waals surface area contributed by atoms with Crippen LogP contribution < -0.4 is 0 Å². The van der Waals surface area contributed by atoms with Gasteiger partial charge >= 0.3 is 0 Å². The summed E-state index contributed by atoms with van der Waals surface area (Å²) in [6.07, 6.45) is 1.86. The smallest absolute Gasteiger partial charge is 0.201 e. The van der Waals surface area contributed by atoms with Crippen LogP contribution in [-0.2, 0) is 4.74 Å². The first kappa shape index (κ1) is 12.3. The number of halogens is 1. The molecule has 1 saturated heterocycles. The van der Waals surface area contributed by atoms with Gasteiger partial charge in [0.15, 0.2) is 0 Å². The SMILES string of the molecule is O=C(/C(Br)=C/N1CCOCC1)c1ccccc1. The monoisotopic (exact) mass is 295 g/mol. The summed E-state index contributed by atoms with van der Waals surface area (Å²) < 4.78 is 5.84. The van der Waals surface area contributed by atoms with Gasteiger partial charge in [0.2, 0.25) is 5.78 Å². The molecule has 1 aromatic rings. The number of hydrogen-bond acceptors (Lipinski definition) is 3. The van der Waals surface area contributed by atoms with E-state index in [0.717, 1.165) is 26.3 Å². The summed E-state index contributed by atoms with van der Waals surface area (Å²) in [5.74, 6) is 0.0112. The number of benzene rings is 1. The Morgan fingerprint density at radius 1 is 1.24 bits per heavy atom. The minimum atomic E-state index is 0.0112. The number of ether oxygens (including phenoxy) is 1. The highest BCUT2D eigenvalue weighted by atomic mass is 79.9. The molecule has 0 amide bonds. The van der Waals surface area contributed by atoms with Crippen molar-refractivity contribution < 1.29 is 9.53 Å².